The number of hydrogen-bond donors (Lipinski definition) is 2. The van der Waals surface area contributed by atoms with Gasteiger partial charge in [0.15, 0.2) is 11.4 Å². The summed E-state index contributed by atoms with van der Waals surface area (Å²) in [6, 6.07) is 13.8. The Balaban J connectivity index is 0.00000400. The number of amides is 3. The van der Waals surface area contributed by atoms with Crippen LogP contribution in [0.4, 0.5) is 16.2 Å². The molecule has 0 spiro atoms. The lowest BCUT2D eigenvalue weighted by Gasteiger charge is -2.21. The predicted octanol–water partition coefficient (Wildman–Crippen LogP) is 6.81. The van der Waals surface area contributed by atoms with Crippen LogP contribution in [0.5, 0.6) is 5.75 Å². The van der Waals surface area contributed by atoms with Crippen molar-refractivity contribution in [2.45, 2.75) is 20.5 Å². The zero-order valence-corrected chi connectivity index (χ0v) is 24.6. The number of benzene rings is 2. The van der Waals surface area contributed by atoms with E-state index in [0.29, 0.717) is 33.4 Å². The van der Waals surface area contributed by atoms with Crippen molar-refractivity contribution in [2.24, 2.45) is 0 Å². The van der Waals surface area contributed by atoms with Crippen LogP contribution in [0.15, 0.2) is 59.3 Å². The standard InChI is InChI=1S/C26H24BrCl2N5O3.ClH/c1-15-6-4-7-17(12-15)32-26(36)30-13-22(35)33(3)20-10-9-19(28)18(23(20)29)14-37-21-8-5-11-34-24(27)16(2)31-25(21)34;/h4-12H,13-14H2,1-3H3,(H2,30,32,36);1H. The first kappa shape index (κ1) is 29.6. The van der Waals surface area contributed by atoms with E-state index in [9.17, 15) is 9.59 Å². The van der Waals surface area contributed by atoms with Gasteiger partial charge in [-0.05, 0) is 71.7 Å². The normalized spacial score (nSPS) is 10.6. The number of urea groups is 1. The third kappa shape index (κ3) is 6.53. The fraction of sp³-hybridized carbons (Fsp3) is 0.192. The molecule has 4 aromatic rings. The molecule has 2 heterocycles. The molecule has 200 valence electrons. The highest BCUT2D eigenvalue weighted by Gasteiger charge is 2.20. The molecule has 2 N–H and O–H groups in total. The molecular weight excluding hydrogens is 617 g/mol. The summed E-state index contributed by atoms with van der Waals surface area (Å²) in [7, 11) is 1.58. The number of carbonyl (C=O) groups is 2. The molecule has 0 atom stereocenters. The van der Waals surface area contributed by atoms with Gasteiger partial charge in [0.2, 0.25) is 5.91 Å². The summed E-state index contributed by atoms with van der Waals surface area (Å²) < 4.78 is 8.75. The number of aryl methyl sites for hydroxylation is 2. The van der Waals surface area contributed by atoms with Crippen molar-refractivity contribution >= 4 is 80.5 Å². The Kier molecular flexibility index (Phi) is 9.89. The van der Waals surface area contributed by atoms with E-state index in [1.807, 2.05) is 54.8 Å². The van der Waals surface area contributed by atoms with Crippen LogP contribution < -0.4 is 20.3 Å². The lowest BCUT2D eigenvalue weighted by atomic mass is 10.2. The maximum absolute atomic E-state index is 12.8. The lowest BCUT2D eigenvalue weighted by molar-refractivity contribution is -0.117. The smallest absolute Gasteiger partial charge is 0.319 e. The van der Waals surface area contributed by atoms with E-state index in [2.05, 4.69) is 31.5 Å². The van der Waals surface area contributed by atoms with Gasteiger partial charge in [0, 0.05) is 29.5 Å². The van der Waals surface area contributed by atoms with Gasteiger partial charge in [0.05, 0.1) is 22.9 Å². The van der Waals surface area contributed by atoms with E-state index >= 15 is 0 Å². The Morgan fingerprint density at radius 2 is 1.89 bits per heavy atom. The molecular formula is C26H25BrCl3N5O3. The Morgan fingerprint density at radius 1 is 1.13 bits per heavy atom. The molecule has 8 nitrogen and oxygen atoms in total. The van der Waals surface area contributed by atoms with Crippen molar-refractivity contribution in [3.8, 4) is 5.75 Å². The number of halogens is 4. The highest BCUT2D eigenvalue weighted by atomic mass is 79.9. The van der Waals surface area contributed by atoms with E-state index in [0.717, 1.165) is 15.9 Å². The van der Waals surface area contributed by atoms with E-state index in [1.165, 1.54) is 4.90 Å². The number of hydrogen-bond acceptors (Lipinski definition) is 4. The van der Waals surface area contributed by atoms with Gasteiger partial charge in [0.25, 0.3) is 0 Å². The number of likely N-dealkylation sites (N-methyl/N-ethyl adjacent to an activating group) is 1. The summed E-state index contributed by atoms with van der Waals surface area (Å²) in [5, 5.41) is 5.95. The predicted molar refractivity (Wildman–Crippen MR) is 157 cm³/mol. The number of rotatable bonds is 7. The lowest BCUT2D eigenvalue weighted by Crippen LogP contribution is -2.40. The largest absolute Gasteiger partial charge is 0.485 e. The van der Waals surface area contributed by atoms with E-state index in [-0.39, 0.29) is 36.5 Å². The number of pyridine rings is 1. The van der Waals surface area contributed by atoms with E-state index in [4.69, 9.17) is 27.9 Å². The Morgan fingerprint density at radius 3 is 2.63 bits per heavy atom. The third-order valence-electron chi connectivity index (χ3n) is 5.66. The van der Waals surface area contributed by atoms with Gasteiger partial charge in [-0.3, -0.25) is 9.20 Å². The summed E-state index contributed by atoms with van der Waals surface area (Å²) in [6.45, 7) is 3.66. The van der Waals surface area contributed by atoms with Crippen molar-refractivity contribution < 1.29 is 14.3 Å². The van der Waals surface area contributed by atoms with E-state index in [1.54, 1.807) is 25.2 Å². The Labute approximate surface area is 244 Å². The Hall–Kier alpha value is -2.98. The number of imidazole rings is 1. The first-order valence-electron chi connectivity index (χ1n) is 11.3. The highest BCUT2D eigenvalue weighted by molar-refractivity contribution is 9.10. The molecule has 38 heavy (non-hydrogen) atoms. The highest BCUT2D eigenvalue weighted by Crippen LogP contribution is 2.35. The molecule has 4 rings (SSSR count). The average molecular weight is 642 g/mol. The second kappa shape index (κ2) is 12.7. The topological polar surface area (TPSA) is 88.0 Å². The maximum atomic E-state index is 12.8. The van der Waals surface area contributed by atoms with E-state index < -0.39 is 6.03 Å². The summed E-state index contributed by atoms with van der Waals surface area (Å²) in [5.74, 6) is 0.194. The van der Waals surface area contributed by atoms with Gasteiger partial charge in [-0.1, -0.05) is 35.3 Å². The molecule has 0 unspecified atom stereocenters. The van der Waals surface area contributed by atoms with Crippen LogP contribution in [0.3, 0.4) is 0 Å². The molecule has 0 aliphatic carbocycles. The number of ether oxygens (including phenoxy) is 1. The fourth-order valence-electron chi connectivity index (χ4n) is 3.67. The summed E-state index contributed by atoms with van der Waals surface area (Å²) >= 11 is 16.6. The minimum atomic E-state index is -0.487. The van der Waals surface area contributed by atoms with Gasteiger partial charge in [-0.25, -0.2) is 9.78 Å². The molecule has 0 radical (unpaired) electrons. The number of fused-ring (bicyclic) bond motifs is 1. The van der Waals surface area contributed by atoms with Crippen LogP contribution in [0.1, 0.15) is 16.8 Å². The van der Waals surface area contributed by atoms with Crippen LogP contribution in [0.25, 0.3) is 5.65 Å². The number of nitrogens with zero attached hydrogens (tertiary/aromatic N) is 3. The molecule has 3 amide bonds. The molecule has 0 aliphatic heterocycles. The summed E-state index contributed by atoms with van der Waals surface area (Å²) in [5.41, 5.74) is 4.09. The van der Waals surface area contributed by atoms with Gasteiger partial charge in [0.1, 0.15) is 11.2 Å². The van der Waals surface area contributed by atoms with Crippen molar-refractivity contribution in [1.29, 1.82) is 0 Å². The quantitative estimate of drug-likeness (QED) is 0.232. The van der Waals surface area contributed by atoms with Crippen LogP contribution in [-0.2, 0) is 11.4 Å². The first-order valence-corrected chi connectivity index (χ1v) is 12.8. The summed E-state index contributed by atoms with van der Waals surface area (Å²) in [4.78, 5) is 30.9. The van der Waals surface area contributed by atoms with Crippen molar-refractivity contribution in [3.63, 3.8) is 0 Å². The average Bonchev–Trinajstić information content (AvgIpc) is 3.16. The summed E-state index contributed by atoms with van der Waals surface area (Å²) in [6.07, 6.45) is 1.88. The monoisotopic (exact) mass is 639 g/mol. The van der Waals surface area contributed by atoms with Crippen LogP contribution in [0, 0.1) is 13.8 Å². The molecule has 2 aromatic carbocycles. The zero-order chi connectivity index (χ0) is 26.7. The van der Waals surface area contributed by atoms with Crippen LogP contribution in [0.2, 0.25) is 10.0 Å². The minimum Gasteiger partial charge on any atom is -0.485 e. The van der Waals surface area contributed by atoms with Gasteiger partial charge >= 0.3 is 6.03 Å². The molecule has 2 aromatic heterocycles. The SMILES string of the molecule is Cc1cccc(NC(=O)NCC(=O)N(C)c2ccc(Cl)c(COc3cccn4c(Br)c(C)nc34)c2Cl)c1.Cl. The molecule has 0 bridgehead atoms. The minimum absolute atomic E-state index is 0. The van der Waals surface area contributed by atoms with Crippen LogP contribution >= 0.6 is 51.5 Å². The Bertz CT molecular complexity index is 1490. The maximum Gasteiger partial charge on any atom is 0.319 e. The molecule has 0 saturated heterocycles. The van der Waals surface area contributed by atoms with Gasteiger partial charge in [-0.2, -0.15) is 0 Å². The molecule has 0 aliphatic rings. The van der Waals surface area contributed by atoms with Crippen molar-refractivity contribution in [2.75, 3.05) is 23.8 Å². The number of nitrogens with one attached hydrogen (secondary N) is 2. The second-order valence-corrected chi connectivity index (χ2v) is 9.87. The van der Waals surface area contributed by atoms with Crippen LogP contribution in [-0.4, -0.2) is 34.9 Å². The zero-order valence-electron chi connectivity index (χ0n) is 20.7. The van der Waals surface area contributed by atoms with Gasteiger partial charge in [-0.15, -0.1) is 12.4 Å². The third-order valence-corrected chi connectivity index (χ3v) is 7.40. The molecule has 0 saturated carbocycles. The fourth-order valence-corrected chi connectivity index (χ4v) is 4.65. The van der Waals surface area contributed by atoms with Gasteiger partial charge < -0.3 is 20.3 Å². The molecule has 12 heteroatoms. The number of aromatic nitrogens is 2. The number of anilines is 2. The van der Waals surface area contributed by atoms with Crippen molar-refractivity contribution in [1.82, 2.24) is 14.7 Å². The van der Waals surface area contributed by atoms with Crippen molar-refractivity contribution in [3.05, 3.63) is 86.2 Å². The molecule has 0 fully saturated rings. The first-order chi connectivity index (χ1) is 17.7. The number of carbonyl (C=O) groups excluding carboxylic acids is 2. The second-order valence-electron chi connectivity index (χ2n) is 8.33.